The maximum Gasteiger partial charge on any atom is 0.200 e. The normalized spacial score (nSPS) is 22.5. The summed E-state index contributed by atoms with van der Waals surface area (Å²) in [6, 6.07) is 4.00. The molecule has 1 aliphatic heterocycles. The van der Waals surface area contributed by atoms with Gasteiger partial charge >= 0.3 is 0 Å². The second kappa shape index (κ2) is 4.68. The Morgan fingerprint density at radius 1 is 1.00 bits per heavy atom. The lowest BCUT2D eigenvalue weighted by molar-refractivity contribution is 0.155. The van der Waals surface area contributed by atoms with Crippen LogP contribution in [-0.4, -0.2) is 38.3 Å². The highest BCUT2D eigenvalue weighted by molar-refractivity contribution is 5.44. The Kier molecular flexibility index (Phi) is 2.82. The van der Waals surface area contributed by atoms with Gasteiger partial charge in [-0.05, 0) is 53.7 Å². The summed E-state index contributed by atoms with van der Waals surface area (Å²) in [5.41, 5.74) is 1.24. The van der Waals surface area contributed by atoms with Crippen molar-refractivity contribution in [2.75, 3.05) is 18.0 Å². The van der Waals surface area contributed by atoms with E-state index in [1.165, 1.54) is 49.6 Å². The summed E-state index contributed by atoms with van der Waals surface area (Å²) in [5, 5.41) is 16.0. The Bertz CT molecular complexity index is 595. The average Bonchev–Trinajstić information content (AvgIpc) is 2.95. The van der Waals surface area contributed by atoms with Crippen LogP contribution in [0.15, 0.2) is 12.1 Å². The van der Waals surface area contributed by atoms with E-state index >= 15 is 0 Å². The van der Waals surface area contributed by atoms with Crippen molar-refractivity contribution in [2.24, 2.45) is 5.41 Å². The van der Waals surface area contributed by atoms with Gasteiger partial charge in [-0.15, -0.1) is 14.8 Å². The zero-order valence-corrected chi connectivity index (χ0v) is 11.7. The first-order valence-electron chi connectivity index (χ1n) is 7.65. The second-order valence-electron chi connectivity index (χ2n) is 6.30. The second-order valence-corrected chi connectivity index (χ2v) is 6.30. The summed E-state index contributed by atoms with van der Waals surface area (Å²) < 4.78 is 1.53. The van der Waals surface area contributed by atoms with E-state index < -0.39 is 0 Å². The van der Waals surface area contributed by atoms with Crippen molar-refractivity contribution in [3.8, 4) is 0 Å². The van der Waals surface area contributed by atoms with Gasteiger partial charge in [-0.1, -0.05) is 19.3 Å². The molecule has 3 heterocycles. The van der Waals surface area contributed by atoms with Crippen molar-refractivity contribution in [3.63, 3.8) is 0 Å². The fourth-order valence-corrected chi connectivity index (χ4v) is 3.92. The molecule has 1 saturated heterocycles. The number of rotatable bonds is 1. The SMILES string of the molecule is c1cc2nnnn2nc1N1CCCC2(CCCCC2)C1. The molecule has 0 N–H and O–H groups in total. The van der Waals surface area contributed by atoms with Gasteiger partial charge in [0.2, 0.25) is 0 Å². The molecule has 2 fully saturated rings. The van der Waals surface area contributed by atoms with Gasteiger partial charge in [0.05, 0.1) is 0 Å². The van der Waals surface area contributed by atoms with Crippen molar-refractivity contribution >= 4 is 11.5 Å². The Balaban J connectivity index is 1.60. The Morgan fingerprint density at radius 2 is 1.85 bits per heavy atom. The number of hydrogen-bond donors (Lipinski definition) is 0. The molecule has 0 aromatic carbocycles. The van der Waals surface area contributed by atoms with Gasteiger partial charge in [0.15, 0.2) is 11.5 Å². The minimum atomic E-state index is 0.535. The number of aromatic nitrogens is 5. The van der Waals surface area contributed by atoms with Crippen LogP contribution in [-0.2, 0) is 0 Å². The minimum Gasteiger partial charge on any atom is -0.355 e. The number of anilines is 1. The smallest absolute Gasteiger partial charge is 0.200 e. The Hall–Kier alpha value is -1.72. The number of hydrogen-bond acceptors (Lipinski definition) is 5. The molecule has 6 heteroatoms. The number of nitrogens with zero attached hydrogens (tertiary/aromatic N) is 6. The third-order valence-corrected chi connectivity index (χ3v) is 4.96. The van der Waals surface area contributed by atoms with Crippen molar-refractivity contribution in [1.82, 2.24) is 25.3 Å². The highest BCUT2D eigenvalue weighted by atomic mass is 15.6. The lowest BCUT2D eigenvalue weighted by Crippen LogP contribution is -2.44. The quantitative estimate of drug-likeness (QED) is 0.795. The summed E-state index contributed by atoms with van der Waals surface area (Å²) >= 11 is 0. The Labute approximate surface area is 118 Å². The summed E-state index contributed by atoms with van der Waals surface area (Å²) in [5.74, 6) is 1.01. The fraction of sp³-hybridized carbons (Fsp3) is 0.714. The molecule has 6 nitrogen and oxygen atoms in total. The monoisotopic (exact) mass is 272 g/mol. The topological polar surface area (TPSA) is 59.2 Å². The molecule has 1 saturated carbocycles. The van der Waals surface area contributed by atoms with E-state index in [0.29, 0.717) is 11.1 Å². The van der Waals surface area contributed by atoms with Crippen LogP contribution in [0.2, 0.25) is 0 Å². The van der Waals surface area contributed by atoms with E-state index in [-0.39, 0.29) is 0 Å². The van der Waals surface area contributed by atoms with Gasteiger partial charge in [0, 0.05) is 13.1 Å². The van der Waals surface area contributed by atoms with E-state index in [9.17, 15) is 0 Å². The average molecular weight is 272 g/mol. The van der Waals surface area contributed by atoms with Gasteiger partial charge in [-0.2, -0.15) is 0 Å². The lowest BCUT2D eigenvalue weighted by Gasteiger charge is -2.45. The van der Waals surface area contributed by atoms with E-state index in [2.05, 4.69) is 25.5 Å². The molecule has 20 heavy (non-hydrogen) atoms. The highest BCUT2D eigenvalue weighted by Crippen LogP contribution is 2.43. The predicted molar refractivity (Wildman–Crippen MR) is 75.5 cm³/mol. The molecule has 0 amide bonds. The standard InChI is InChI=1S/C14H20N6/c1-2-7-14(8-3-1)9-4-10-19(11-14)13-6-5-12-15-17-18-20(12)16-13/h5-6H,1-4,7-11H2. The number of piperidine rings is 1. The molecule has 2 aromatic heterocycles. The third kappa shape index (κ3) is 2.03. The maximum absolute atomic E-state index is 4.54. The van der Waals surface area contributed by atoms with Gasteiger partial charge in [-0.3, -0.25) is 0 Å². The van der Waals surface area contributed by atoms with Crippen molar-refractivity contribution < 1.29 is 0 Å². The van der Waals surface area contributed by atoms with Crippen LogP contribution >= 0.6 is 0 Å². The van der Waals surface area contributed by atoms with E-state index in [0.717, 1.165) is 18.9 Å². The molecule has 0 bridgehead atoms. The minimum absolute atomic E-state index is 0.535. The molecule has 1 spiro atoms. The van der Waals surface area contributed by atoms with Crippen LogP contribution in [0.3, 0.4) is 0 Å². The molecule has 0 unspecified atom stereocenters. The molecule has 0 radical (unpaired) electrons. The van der Waals surface area contributed by atoms with Crippen LogP contribution < -0.4 is 4.90 Å². The first-order chi connectivity index (χ1) is 9.85. The lowest BCUT2D eigenvalue weighted by atomic mass is 9.69. The van der Waals surface area contributed by atoms with Crippen molar-refractivity contribution in [1.29, 1.82) is 0 Å². The predicted octanol–water partition coefficient (Wildman–Crippen LogP) is 2.07. The van der Waals surface area contributed by atoms with E-state index in [1.54, 1.807) is 0 Å². The van der Waals surface area contributed by atoms with E-state index in [4.69, 9.17) is 0 Å². The van der Waals surface area contributed by atoms with E-state index in [1.807, 2.05) is 12.1 Å². The van der Waals surface area contributed by atoms with Gasteiger partial charge in [0.25, 0.3) is 0 Å². The molecule has 4 rings (SSSR count). The summed E-state index contributed by atoms with van der Waals surface area (Å²) in [7, 11) is 0. The molecule has 106 valence electrons. The first kappa shape index (κ1) is 12.1. The largest absolute Gasteiger partial charge is 0.355 e. The Morgan fingerprint density at radius 3 is 2.75 bits per heavy atom. The zero-order valence-electron chi connectivity index (χ0n) is 11.7. The van der Waals surface area contributed by atoms with Crippen LogP contribution in [0.5, 0.6) is 0 Å². The van der Waals surface area contributed by atoms with Crippen molar-refractivity contribution in [2.45, 2.75) is 44.9 Å². The summed E-state index contributed by atoms with van der Waals surface area (Å²) in [6.07, 6.45) is 9.64. The first-order valence-corrected chi connectivity index (χ1v) is 7.65. The summed E-state index contributed by atoms with van der Waals surface area (Å²) in [6.45, 7) is 2.25. The molecule has 1 aliphatic carbocycles. The molecular weight excluding hydrogens is 252 g/mol. The number of tetrazole rings is 1. The van der Waals surface area contributed by atoms with Gasteiger partial charge in [-0.25, -0.2) is 0 Å². The third-order valence-electron chi connectivity index (χ3n) is 4.96. The van der Waals surface area contributed by atoms with Gasteiger partial charge < -0.3 is 4.90 Å². The maximum atomic E-state index is 4.54. The highest BCUT2D eigenvalue weighted by Gasteiger charge is 2.36. The van der Waals surface area contributed by atoms with Crippen molar-refractivity contribution in [3.05, 3.63) is 12.1 Å². The number of fused-ring (bicyclic) bond motifs is 1. The van der Waals surface area contributed by atoms with Crippen LogP contribution in [0.25, 0.3) is 5.65 Å². The van der Waals surface area contributed by atoms with Gasteiger partial charge in [0.1, 0.15) is 0 Å². The van der Waals surface area contributed by atoms with Crippen LogP contribution in [0.4, 0.5) is 5.82 Å². The molecule has 2 aliphatic rings. The van der Waals surface area contributed by atoms with Crippen LogP contribution in [0, 0.1) is 5.41 Å². The molecule has 2 aromatic rings. The summed E-state index contributed by atoms with van der Waals surface area (Å²) in [4.78, 5) is 2.43. The van der Waals surface area contributed by atoms with Crippen LogP contribution in [0.1, 0.15) is 44.9 Å². The molecule has 0 atom stereocenters. The zero-order chi connectivity index (χ0) is 13.4. The molecular formula is C14H20N6. The fourth-order valence-electron chi connectivity index (χ4n) is 3.92.